The zero-order chi connectivity index (χ0) is 14.4. The van der Waals surface area contributed by atoms with Crippen LogP contribution in [0.4, 0.5) is 0 Å². The van der Waals surface area contributed by atoms with Gasteiger partial charge in [0.25, 0.3) is 0 Å². The zero-order valence-electron chi connectivity index (χ0n) is 11.6. The van der Waals surface area contributed by atoms with Crippen LogP contribution in [0.3, 0.4) is 0 Å². The fraction of sp³-hybridized carbons (Fsp3) is 0.417. The summed E-state index contributed by atoms with van der Waals surface area (Å²) in [5.41, 5.74) is 0.952. The summed E-state index contributed by atoms with van der Waals surface area (Å²) < 4.78 is 15.9. The highest BCUT2D eigenvalue weighted by molar-refractivity contribution is 5.50. The first kappa shape index (κ1) is 14.1. The van der Waals surface area contributed by atoms with Gasteiger partial charge in [-0.1, -0.05) is 5.21 Å². The molecule has 0 saturated heterocycles. The molecule has 0 aliphatic rings. The van der Waals surface area contributed by atoms with Gasteiger partial charge in [0.1, 0.15) is 5.75 Å². The Hall–Kier alpha value is -2.35. The minimum Gasteiger partial charge on any atom is -0.496 e. The lowest BCUT2D eigenvalue weighted by molar-refractivity contribution is 0.347. The molecule has 0 fully saturated rings. The van der Waals surface area contributed by atoms with Gasteiger partial charge in [-0.05, 0) is 6.07 Å². The molecule has 0 spiro atoms. The van der Waals surface area contributed by atoms with E-state index in [1.54, 1.807) is 27.4 Å². The van der Waals surface area contributed by atoms with Crippen LogP contribution in [0.15, 0.2) is 12.1 Å². The molecule has 1 aromatic heterocycles. The fourth-order valence-electron chi connectivity index (χ4n) is 1.80. The van der Waals surface area contributed by atoms with Crippen LogP contribution in [0.1, 0.15) is 11.4 Å². The van der Waals surface area contributed by atoms with Crippen LogP contribution in [-0.4, -0.2) is 42.0 Å². The van der Waals surface area contributed by atoms with Crippen molar-refractivity contribution in [2.24, 2.45) is 0 Å². The number of nitrogens with zero attached hydrogens (tertiary/aromatic N) is 3. The van der Waals surface area contributed by atoms with Crippen molar-refractivity contribution in [3.63, 3.8) is 0 Å². The molecule has 1 heterocycles. The van der Waals surface area contributed by atoms with Crippen molar-refractivity contribution in [1.29, 1.82) is 0 Å². The Kier molecular flexibility index (Phi) is 4.72. The summed E-state index contributed by atoms with van der Waals surface area (Å²) in [5.74, 6) is 2.61. The van der Waals surface area contributed by atoms with E-state index in [1.165, 1.54) is 0 Å². The summed E-state index contributed by atoms with van der Waals surface area (Å²) in [6.45, 7) is 1.09. The maximum atomic E-state index is 5.35. The second kappa shape index (κ2) is 6.71. The molecule has 1 aromatic carbocycles. The molecule has 2 N–H and O–H groups in total. The largest absolute Gasteiger partial charge is 0.496 e. The Morgan fingerprint density at radius 3 is 2.30 bits per heavy atom. The van der Waals surface area contributed by atoms with Gasteiger partial charge >= 0.3 is 0 Å². The maximum Gasteiger partial charge on any atom is 0.188 e. The predicted molar refractivity (Wildman–Crippen MR) is 70.8 cm³/mol. The topological polar surface area (TPSA) is 94.2 Å². The molecule has 0 unspecified atom stereocenters. The highest BCUT2D eigenvalue weighted by atomic mass is 16.5. The highest BCUT2D eigenvalue weighted by Crippen LogP contribution is 2.34. The van der Waals surface area contributed by atoms with Gasteiger partial charge in [0.05, 0.1) is 27.9 Å². The molecular formula is C12H17N5O3. The standard InChI is InChI=1S/C12H17N5O3/c1-18-9-5-11(20-3)10(19-2)4-8(9)6-13-7-12-14-16-17-15-12/h4-5,13H,6-7H2,1-3H3,(H,14,15,16,17). The average Bonchev–Trinajstić information content (AvgIpc) is 2.99. The van der Waals surface area contributed by atoms with Crippen molar-refractivity contribution >= 4 is 0 Å². The number of tetrazole rings is 1. The zero-order valence-corrected chi connectivity index (χ0v) is 11.6. The monoisotopic (exact) mass is 279 g/mol. The average molecular weight is 279 g/mol. The number of benzene rings is 1. The Labute approximate surface area is 116 Å². The molecule has 0 radical (unpaired) electrons. The van der Waals surface area contributed by atoms with Gasteiger partial charge in [0.2, 0.25) is 0 Å². The van der Waals surface area contributed by atoms with E-state index in [2.05, 4.69) is 25.9 Å². The predicted octanol–water partition coefficient (Wildman–Crippen LogP) is 0.515. The maximum absolute atomic E-state index is 5.35. The number of rotatable bonds is 7. The molecule has 0 atom stereocenters. The molecule has 108 valence electrons. The fourth-order valence-corrected chi connectivity index (χ4v) is 1.80. The van der Waals surface area contributed by atoms with Gasteiger partial charge in [0.15, 0.2) is 17.3 Å². The van der Waals surface area contributed by atoms with Gasteiger partial charge < -0.3 is 19.5 Å². The van der Waals surface area contributed by atoms with Crippen molar-refractivity contribution in [3.8, 4) is 17.2 Å². The summed E-state index contributed by atoms with van der Waals surface area (Å²) in [6.07, 6.45) is 0. The Balaban J connectivity index is 2.09. The number of aromatic amines is 1. The summed E-state index contributed by atoms with van der Waals surface area (Å²) in [7, 11) is 4.80. The number of aromatic nitrogens is 4. The Morgan fingerprint density at radius 1 is 1.00 bits per heavy atom. The molecule has 2 aromatic rings. The van der Waals surface area contributed by atoms with Crippen molar-refractivity contribution in [2.75, 3.05) is 21.3 Å². The van der Waals surface area contributed by atoms with Gasteiger partial charge in [-0.2, -0.15) is 5.21 Å². The molecule has 2 rings (SSSR count). The number of hydrogen-bond donors (Lipinski definition) is 2. The third-order valence-corrected chi connectivity index (χ3v) is 2.77. The lowest BCUT2D eigenvalue weighted by atomic mass is 10.1. The molecule has 20 heavy (non-hydrogen) atoms. The number of H-pyrrole nitrogens is 1. The second-order valence-electron chi connectivity index (χ2n) is 3.95. The third-order valence-electron chi connectivity index (χ3n) is 2.77. The van der Waals surface area contributed by atoms with E-state index in [0.717, 1.165) is 11.3 Å². The van der Waals surface area contributed by atoms with Crippen LogP contribution in [0.5, 0.6) is 17.2 Å². The van der Waals surface area contributed by atoms with Gasteiger partial charge in [-0.15, -0.1) is 10.2 Å². The van der Waals surface area contributed by atoms with E-state index < -0.39 is 0 Å². The van der Waals surface area contributed by atoms with E-state index in [0.29, 0.717) is 30.4 Å². The molecule has 0 saturated carbocycles. The van der Waals surface area contributed by atoms with Gasteiger partial charge in [-0.25, -0.2) is 0 Å². The minimum atomic E-state index is 0.508. The van der Waals surface area contributed by atoms with Crippen molar-refractivity contribution in [1.82, 2.24) is 25.9 Å². The normalized spacial score (nSPS) is 10.3. The number of nitrogens with one attached hydrogen (secondary N) is 2. The summed E-state index contributed by atoms with van der Waals surface area (Å²) in [6, 6.07) is 3.67. The van der Waals surface area contributed by atoms with E-state index in [1.807, 2.05) is 6.07 Å². The van der Waals surface area contributed by atoms with E-state index in [-0.39, 0.29) is 0 Å². The first-order chi connectivity index (χ1) is 9.78. The quantitative estimate of drug-likeness (QED) is 0.762. The first-order valence-electron chi connectivity index (χ1n) is 6.00. The molecule has 0 aliphatic heterocycles. The van der Waals surface area contributed by atoms with Crippen molar-refractivity contribution in [2.45, 2.75) is 13.1 Å². The number of hydrogen-bond acceptors (Lipinski definition) is 7. The van der Waals surface area contributed by atoms with Crippen LogP contribution in [0.2, 0.25) is 0 Å². The number of ether oxygens (including phenoxy) is 3. The summed E-state index contributed by atoms with van der Waals surface area (Å²) in [4.78, 5) is 0. The second-order valence-corrected chi connectivity index (χ2v) is 3.95. The Morgan fingerprint density at radius 2 is 1.70 bits per heavy atom. The van der Waals surface area contributed by atoms with E-state index in [9.17, 15) is 0 Å². The lowest BCUT2D eigenvalue weighted by Gasteiger charge is -2.14. The number of methoxy groups -OCH3 is 3. The van der Waals surface area contributed by atoms with Crippen LogP contribution >= 0.6 is 0 Å². The van der Waals surface area contributed by atoms with Gasteiger partial charge in [-0.3, -0.25) is 0 Å². The van der Waals surface area contributed by atoms with Crippen LogP contribution in [0, 0.1) is 0 Å². The van der Waals surface area contributed by atoms with E-state index in [4.69, 9.17) is 14.2 Å². The summed E-state index contributed by atoms with van der Waals surface area (Å²) in [5, 5.41) is 16.8. The molecule has 0 amide bonds. The molecule has 0 bridgehead atoms. The smallest absolute Gasteiger partial charge is 0.188 e. The first-order valence-corrected chi connectivity index (χ1v) is 6.00. The minimum absolute atomic E-state index is 0.508. The summed E-state index contributed by atoms with van der Waals surface area (Å²) >= 11 is 0. The molecule has 8 nitrogen and oxygen atoms in total. The van der Waals surface area contributed by atoms with Crippen LogP contribution < -0.4 is 19.5 Å². The van der Waals surface area contributed by atoms with E-state index >= 15 is 0 Å². The molecule has 0 aliphatic carbocycles. The molecule has 8 heteroatoms. The van der Waals surface area contributed by atoms with Crippen molar-refractivity contribution in [3.05, 3.63) is 23.5 Å². The van der Waals surface area contributed by atoms with Gasteiger partial charge in [0, 0.05) is 18.2 Å². The van der Waals surface area contributed by atoms with Crippen LogP contribution in [0.25, 0.3) is 0 Å². The van der Waals surface area contributed by atoms with Crippen LogP contribution in [-0.2, 0) is 13.1 Å². The Bertz CT molecular complexity index is 544. The third kappa shape index (κ3) is 3.15. The highest BCUT2D eigenvalue weighted by Gasteiger charge is 2.11. The van der Waals surface area contributed by atoms with Crippen molar-refractivity contribution < 1.29 is 14.2 Å². The SMILES string of the molecule is COc1cc(OC)c(OC)cc1CNCc1nn[nH]n1. The molecular weight excluding hydrogens is 262 g/mol. The lowest BCUT2D eigenvalue weighted by Crippen LogP contribution is -2.14.